The minimum Gasteiger partial charge on any atom is -0.296 e. The second-order valence-electron chi connectivity index (χ2n) is 1.19. The molecule has 0 amide bonds. The van der Waals surface area contributed by atoms with Crippen molar-refractivity contribution in [1.29, 1.82) is 0 Å². The van der Waals surface area contributed by atoms with E-state index in [-0.39, 0.29) is 0 Å². The quantitative estimate of drug-likeness (QED) is 0.515. The van der Waals surface area contributed by atoms with E-state index in [2.05, 4.69) is 16.9 Å². The number of hydrogen-bond acceptors (Lipinski definition) is 3. The fourth-order valence-corrected chi connectivity index (χ4v) is 0.851. The zero-order chi connectivity index (χ0) is 5.70. The van der Waals surface area contributed by atoms with Gasteiger partial charge in [0.15, 0.2) is 0 Å². The smallest absolute Gasteiger partial charge is 0.105 e. The molecule has 0 aromatic carbocycles. The molecule has 0 radical (unpaired) electrons. The minimum atomic E-state index is 0.403. The Morgan fingerprint density at radius 1 is 1.29 bits per heavy atom. The predicted octanol–water partition coefficient (Wildman–Crippen LogP) is 0.0718. The van der Waals surface area contributed by atoms with Crippen molar-refractivity contribution < 1.29 is 0 Å². The van der Waals surface area contributed by atoms with Crippen molar-refractivity contribution in [3.8, 4) is 0 Å². The van der Waals surface area contributed by atoms with Crippen LogP contribution in [0.2, 0.25) is 0 Å². The van der Waals surface area contributed by atoms with Gasteiger partial charge in [-0.2, -0.15) is 0 Å². The molecule has 0 aromatic heterocycles. The van der Waals surface area contributed by atoms with Crippen molar-refractivity contribution in [2.24, 2.45) is 0 Å². The number of rotatable bonds is 3. The summed E-state index contributed by atoms with van der Waals surface area (Å²) in [6.45, 7) is 0. The molecule has 0 fully saturated rings. The lowest BCUT2D eigenvalue weighted by Gasteiger charge is -2.09. The molecule has 0 heterocycles. The van der Waals surface area contributed by atoms with E-state index in [9.17, 15) is 0 Å². The van der Waals surface area contributed by atoms with Crippen molar-refractivity contribution in [3.63, 3.8) is 0 Å². The summed E-state index contributed by atoms with van der Waals surface area (Å²) in [5, 5.41) is 6.11. The van der Waals surface area contributed by atoms with Gasteiger partial charge in [0, 0.05) is 0 Å². The normalized spacial score (nSPS) is 10.3. The highest BCUT2D eigenvalue weighted by molar-refractivity contribution is 7.99. The summed E-state index contributed by atoms with van der Waals surface area (Å²) in [4.78, 5) is 0. The Morgan fingerprint density at radius 3 is 1.71 bits per heavy atom. The Balaban J connectivity index is 2.99. The summed E-state index contributed by atoms with van der Waals surface area (Å²) in [5.74, 6) is 0. The van der Waals surface area contributed by atoms with Crippen LogP contribution in [-0.2, 0) is 0 Å². The van der Waals surface area contributed by atoms with Crippen molar-refractivity contribution in [2.45, 2.75) is 5.50 Å². The molecule has 0 unspecified atom stereocenters. The third kappa shape index (κ3) is 2.91. The van der Waals surface area contributed by atoms with Crippen LogP contribution >= 0.6 is 11.8 Å². The molecule has 0 aliphatic rings. The molecule has 2 N–H and O–H groups in total. The molecule has 0 aliphatic heterocycles. The molecule has 0 aliphatic carbocycles. The highest BCUT2D eigenvalue weighted by Gasteiger charge is 1.93. The Kier molecular flexibility index (Phi) is 4.60. The summed E-state index contributed by atoms with van der Waals surface area (Å²) in [6.07, 6.45) is 2.05. The highest BCUT2D eigenvalue weighted by atomic mass is 32.2. The zero-order valence-electron chi connectivity index (χ0n) is 4.99. The summed E-state index contributed by atoms with van der Waals surface area (Å²) in [6, 6.07) is 0. The van der Waals surface area contributed by atoms with Gasteiger partial charge >= 0.3 is 0 Å². The van der Waals surface area contributed by atoms with Gasteiger partial charge in [-0.05, 0) is 20.4 Å². The van der Waals surface area contributed by atoms with Crippen LogP contribution in [0, 0.1) is 0 Å². The van der Waals surface area contributed by atoms with Gasteiger partial charge in [0.25, 0.3) is 0 Å². The van der Waals surface area contributed by atoms with E-state index >= 15 is 0 Å². The van der Waals surface area contributed by atoms with Crippen molar-refractivity contribution in [2.75, 3.05) is 20.4 Å². The molecule has 0 bridgehead atoms. The summed E-state index contributed by atoms with van der Waals surface area (Å²) in [7, 11) is 3.86. The molecule has 0 spiro atoms. The lowest BCUT2D eigenvalue weighted by Crippen LogP contribution is -2.33. The average Bonchev–Trinajstić information content (AvgIpc) is 1.72. The fourth-order valence-electron chi connectivity index (χ4n) is 0.380. The second kappa shape index (κ2) is 4.43. The molecule has 0 rings (SSSR count). The zero-order valence-corrected chi connectivity index (χ0v) is 5.80. The van der Waals surface area contributed by atoms with Gasteiger partial charge in [0.1, 0.15) is 5.50 Å². The maximum atomic E-state index is 3.05. The van der Waals surface area contributed by atoms with Gasteiger partial charge in [0.05, 0.1) is 0 Å². The predicted molar refractivity (Wildman–Crippen MR) is 35.4 cm³/mol. The Hall–Kier alpha value is 0.270. The van der Waals surface area contributed by atoms with Crippen molar-refractivity contribution >= 4 is 11.8 Å². The third-order valence-corrected chi connectivity index (χ3v) is 1.70. The molecular weight excluding hydrogens is 108 g/mol. The minimum absolute atomic E-state index is 0.403. The Labute approximate surface area is 49.1 Å². The summed E-state index contributed by atoms with van der Waals surface area (Å²) in [5.41, 5.74) is 0.403. The monoisotopic (exact) mass is 120 g/mol. The van der Waals surface area contributed by atoms with Crippen LogP contribution in [0.1, 0.15) is 0 Å². The van der Waals surface area contributed by atoms with E-state index in [0.29, 0.717) is 5.50 Å². The van der Waals surface area contributed by atoms with Crippen LogP contribution in [0.5, 0.6) is 0 Å². The first-order valence-corrected chi connectivity index (χ1v) is 3.51. The van der Waals surface area contributed by atoms with E-state index < -0.39 is 0 Å². The first-order chi connectivity index (χ1) is 3.35. The van der Waals surface area contributed by atoms with Gasteiger partial charge in [0.2, 0.25) is 0 Å². The van der Waals surface area contributed by atoms with Crippen LogP contribution in [0.25, 0.3) is 0 Å². The maximum absolute atomic E-state index is 3.05. The largest absolute Gasteiger partial charge is 0.296 e. The summed E-state index contributed by atoms with van der Waals surface area (Å²) >= 11 is 1.75. The second-order valence-corrected chi connectivity index (χ2v) is 2.14. The first kappa shape index (κ1) is 7.27. The molecule has 0 saturated heterocycles. The topological polar surface area (TPSA) is 24.1 Å². The van der Waals surface area contributed by atoms with E-state index in [1.54, 1.807) is 11.8 Å². The lowest BCUT2D eigenvalue weighted by atomic mass is 11.0. The van der Waals surface area contributed by atoms with Crippen molar-refractivity contribution in [1.82, 2.24) is 10.6 Å². The van der Waals surface area contributed by atoms with Crippen LogP contribution in [-0.4, -0.2) is 25.8 Å². The third-order valence-electron chi connectivity index (χ3n) is 0.760. The number of thioether (sulfide) groups is 1. The van der Waals surface area contributed by atoms with Crippen molar-refractivity contribution in [3.05, 3.63) is 0 Å². The first-order valence-electron chi connectivity index (χ1n) is 2.22. The Bertz CT molecular complexity index is 31.2. The average molecular weight is 120 g/mol. The standard InChI is InChI=1S/C4H12N2S/c1-5-4(6-2)7-3/h4-6H,1-3H3. The molecule has 7 heavy (non-hydrogen) atoms. The molecule has 0 aromatic rings. The van der Waals surface area contributed by atoms with Gasteiger partial charge < -0.3 is 0 Å². The van der Waals surface area contributed by atoms with Crippen LogP contribution in [0.3, 0.4) is 0 Å². The van der Waals surface area contributed by atoms with Gasteiger partial charge in [-0.1, -0.05) is 0 Å². The van der Waals surface area contributed by atoms with Gasteiger partial charge in [-0.15, -0.1) is 11.8 Å². The Morgan fingerprint density at radius 2 is 1.71 bits per heavy atom. The van der Waals surface area contributed by atoms with Crippen LogP contribution in [0.4, 0.5) is 0 Å². The molecular formula is C4H12N2S. The molecule has 2 nitrogen and oxygen atoms in total. The van der Waals surface area contributed by atoms with Crippen LogP contribution in [0.15, 0.2) is 0 Å². The van der Waals surface area contributed by atoms with Gasteiger partial charge in [-0.3, -0.25) is 10.6 Å². The molecule has 0 atom stereocenters. The molecule has 44 valence electrons. The number of nitrogens with one attached hydrogen (secondary N) is 2. The summed E-state index contributed by atoms with van der Waals surface area (Å²) < 4.78 is 0. The molecule has 0 saturated carbocycles. The van der Waals surface area contributed by atoms with E-state index in [1.807, 2.05) is 14.1 Å². The highest BCUT2D eigenvalue weighted by Crippen LogP contribution is 1.94. The molecule has 3 heteroatoms. The fraction of sp³-hybridized carbons (Fsp3) is 1.00. The lowest BCUT2D eigenvalue weighted by molar-refractivity contribution is 0.656. The van der Waals surface area contributed by atoms with E-state index in [4.69, 9.17) is 0 Å². The van der Waals surface area contributed by atoms with Gasteiger partial charge in [-0.25, -0.2) is 0 Å². The van der Waals surface area contributed by atoms with E-state index in [0.717, 1.165) is 0 Å². The van der Waals surface area contributed by atoms with Crippen LogP contribution < -0.4 is 10.6 Å². The SMILES string of the molecule is CNC(NC)SC. The number of hydrogen-bond donors (Lipinski definition) is 2. The maximum Gasteiger partial charge on any atom is 0.105 e. The van der Waals surface area contributed by atoms with E-state index in [1.165, 1.54) is 0 Å².